The van der Waals surface area contributed by atoms with Gasteiger partial charge < -0.3 is 0 Å². The molecule has 0 spiro atoms. The molecule has 0 amide bonds. The second-order valence-electron chi connectivity index (χ2n) is 5.06. The minimum Gasteiger partial charge on any atom is -0.239 e. The van der Waals surface area contributed by atoms with E-state index in [2.05, 4.69) is 4.99 Å². The van der Waals surface area contributed by atoms with Crippen LogP contribution in [0, 0.1) is 0 Å². The van der Waals surface area contributed by atoms with Crippen LogP contribution in [-0.2, 0) is 0 Å². The van der Waals surface area contributed by atoms with Gasteiger partial charge in [-0.2, -0.15) is 0 Å². The van der Waals surface area contributed by atoms with E-state index >= 15 is 0 Å². The van der Waals surface area contributed by atoms with Crippen LogP contribution in [0.1, 0.15) is 0 Å². The van der Waals surface area contributed by atoms with E-state index in [0.717, 1.165) is 15.5 Å². The Hall–Kier alpha value is -2.30. The van der Waals surface area contributed by atoms with Crippen LogP contribution in [0.2, 0.25) is 0 Å². The van der Waals surface area contributed by atoms with Gasteiger partial charge in [0.15, 0.2) is 5.83 Å². The number of nitrogens with zero attached hydrogens (tertiary/aromatic N) is 1. The van der Waals surface area contributed by atoms with Gasteiger partial charge in [0.25, 0.3) is 0 Å². The van der Waals surface area contributed by atoms with Crippen molar-refractivity contribution in [3.8, 4) is 0 Å². The van der Waals surface area contributed by atoms with Crippen LogP contribution in [0.25, 0.3) is 0 Å². The molecule has 0 atom stereocenters. The summed E-state index contributed by atoms with van der Waals surface area (Å²) >= 11 is 2.67. The average molecular weight is 365 g/mol. The Bertz CT molecular complexity index is 847. The molecule has 25 heavy (non-hydrogen) atoms. The third-order valence-corrected chi connectivity index (χ3v) is 5.05. The number of thioether (sulfide) groups is 2. The first-order valence-corrected chi connectivity index (χ1v) is 9.45. The number of rotatable bonds is 5. The quantitative estimate of drug-likeness (QED) is 0.271. The van der Waals surface area contributed by atoms with E-state index in [0.29, 0.717) is 5.04 Å². The van der Waals surface area contributed by atoms with Crippen molar-refractivity contribution < 1.29 is 4.39 Å². The second-order valence-corrected chi connectivity index (χ2v) is 7.07. The molecule has 0 aliphatic carbocycles. The monoisotopic (exact) mass is 365 g/mol. The molecule has 3 aromatic carbocycles. The molecule has 0 radical (unpaired) electrons. The zero-order valence-electron chi connectivity index (χ0n) is 13.4. The van der Waals surface area contributed by atoms with Crippen LogP contribution in [-0.4, -0.2) is 5.04 Å². The molecular weight excluding hydrogens is 349 g/mol. The number of aliphatic imine (C=N–C) groups is 1. The Kier molecular flexibility index (Phi) is 6.48. The molecule has 0 aliphatic rings. The summed E-state index contributed by atoms with van der Waals surface area (Å²) in [5.74, 6) is -0.341. The lowest BCUT2D eigenvalue weighted by molar-refractivity contribution is 0.687. The molecular formula is C21H16FNS2. The largest absolute Gasteiger partial charge is 0.239 e. The molecule has 0 aromatic heterocycles. The van der Waals surface area contributed by atoms with Crippen molar-refractivity contribution in [2.75, 3.05) is 0 Å². The molecule has 0 aliphatic heterocycles. The lowest BCUT2D eigenvalue weighted by Crippen LogP contribution is -1.93. The average Bonchev–Trinajstić information content (AvgIpc) is 2.68. The predicted octanol–water partition coefficient (Wildman–Crippen LogP) is 7.11. The summed E-state index contributed by atoms with van der Waals surface area (Å²) < 4.78 is 14.8. The van der Waals surface area contributed by atoms with Gasteiger partial charge in [0.1, 0.15) is 5.04 Å². The standard InChI is InChI=1S/C21H16FNS2/c22-20(16-24-18-12-6-2-7-13-18)21(23-17-10-4-1-5-11-17)25-19-14-8-3-9-15-19/h1-16H/b20-16-,23-21+. The highest BCUT2D eigenvalue weighted by Crippen LogP contribution is 2.29. The maximum atomic E-state index is 14.8. The van der Waals surface area contributed by atoms with E-state index in [9.17, 15) is 4.39 Å². The molecule has 0 saturated carbocycles. The Morgan fingerprint density at radius 1 is 0.720 bits per heavy atom. The van der Waals surface area contributed by atoms with Gasteiger partial charge in [-0.05, 0) is 36.4 Å². The zero-order valence-corrected chi connectivity index (χ0v) is 15.0. The van der Waals surface area contributed by atoms with Gasteiger partial charge in [0, 0.05) is 15.2 Å². The van der Waals surface area contributed by atoms with Crippen molar-refractivity contribution in [3.05, 3.63) is 102 Å². The normalized spacial score (nSPS) is 12.2. The number of para-hydroxylation sites is 1. The van der Waals surface area contributed by atoms with Crippen molar-refractivity contribution in [1.29, 1.82) is 0 Å². The Labute approximate surface area is 155 Å². The van der Waals surface area contributed by atoms with Crippen LogP contribution in [0.15, 0.2) is 117 Å². The van der Waals surface area contributed by atoms with E-state index in [4.69, 9.17) is 0 Å². The maximum absolute atomic E-state index is 14.8. The first-order valence-electron chi connectivity index (χ1n) is 7.75. The van der Waals surface area contributed by atoms with Crippen LogP contribution < -0.4 is 0 Å². The maximum Gasteiger partial charge on any atom is 0.162 e. The smallest absolute Gasteiger partial charge is 0.162 e. The fraction of sp³-hybridized carbons (Fsp3) is 0. The molecule has 3 aromatic rings. The van der Waals surface area contributed by atoms with Crippen LogP contribution in [0.3, 0.4) is 0 Å². The minimum atomic E-state index is -0.341. The van der Waals surface area contributed by atoms with Crippen molar-refractivity contribution in [2.45, 2.75) is 9.79 Å². The van der Waals surface area contributed by atoms with E-state index in [-0.39, 0.29) is 5.83 Å². The van der Waals surface area contributed by atoms with Crippen molar-refractivity contribution in [2.24, 2.45) is 4.99 Å². The first-order chi connectivity index (χ1) is 12.3. The Morgan fingerprint density at radius 3 is 1.84 bits per heavy atom. The molecule has 0 unspecified atom stereocenters. The van der Waals surface area contributed by atoms with Gasteiger partial charge in [-0.1, -0.05) is 78.1 Å². The third-order valence-electron chi connectivity index (χ3n) is 3.19. The van der Waals surface area contributed by atoms with E-state index in [1.54, 1.807) is 0 Å². The SMILES string of the molecule is FC(=C\Sc1ccccc1)/C(=N\c1ccccc1)Sc1ccccc1. The number of hydrogen-bond donors (Lipinski definition) is 0. The molecule has 0 fully saturated rings. The van der Waals surface area contributed by atoms with Gasteiger partial charge in [-0.3, -0.25) is 0 Å². The lowest BCUT2D eigenvalue weighted by atomic mass is 10.3. The van der Waals surface area contributed by atoms with E-state index < -0.39 is 0 Å². The molecule has 0 bridgehead atoms. The summed E-state index contributed by atoms with van der Waals surface area (Å²) in [5.41, 5.74) is 0.731. The van der Waals surface area contributed by atoms with Crippen molar-refractivity contribution in [3.63, 3.8) is 0 Å². The molecule has 124 valence electrons. The van der Waals surface area contributed by atoms with Crippen LogP contribution in [0.4, 0.5) is 10.1 Å². The highest BCUT2D eigenvalue weighted by molar-refractivity contribution is 8.14. The molecule has 0 N–H and O–H groups in total. The first kappa shape index (κ1) is 17.5. The summed E-state index contributed by atoms with van der Waals surface area (Å²) in [6, 6.07) is 28.8. The second kappa shape index (κ2) is 9.25. The highest BCUT2D eigenvalue weighted by atomic mass is 32.2. The number of benzene rings is 3. The fourth-order valence-corrected chi connectivity index (χ4v) is 3.58. The summed E-state index contributed by atoms with van der Waals surface area (Å²) in [6.45, 7) is 0. The third kappa shape index (κ3) is 5.62. The molecule has 3 rings (SSSR count). The lowest BCUT2D eigenvalue weighted by Gasteiger charge is -2.05. The minimum absolute atomic E-state index is 0.341. The van der Waals surface area contributed by atoms with Gasteiger partial charge >= 0.3 is 0 Å². The number of halogens is 1. The highest BCUT2D eigenvalue weighted by Gasteiger charge is 2.10. The van der Waals surface area contributed by atoms with Crippen molar-refractivity contribution >= 4 is 34.3 Å². The molecule has 1 nitrogen and oxygen atoms in total. The summed E-state index contributed by atoms with van der Waals surface area (Å²) in [4.78, 5) is 6.43. The van der Waals surface area contributed by atoms with Gasteiger partial charge in [0.05, 0.1) is 5.69 Å². The molecule has 0 saturated heterocycles. The fourth-order valence-electron chi connectivity index (χ4n) is 2.01. The molecule has 4 heteroatoms. The summed E-state index contributed by atoms with van der Waals surface area (Å²) in [6.07, 6.45) is 0. The topological polar surface area (TPSA) is 12.4 Å². The van der Waals surface area contributed by atoms with Crippen LogP contribution in [0.5, 0.6) is 0 Å². The Balaban J connectivity index is 1.86. The predicted molar refractivity (Wildman–Crippen MR) is 107 cm³/mol. The summed E-state index contributed by atoms with van der Waals surface area (Å²) in [7, 11) is 0. The van der Waals surface area contributed by atoms with Gasteiger partial charge in [-0.15, -0.1) is 0 Å². The van der Waals surface area contributed by atoms with Gasteiger partial charge in [-0.25, -0.2) is 9.38 Å². The van der Waals surface area contributed by atoms with E-state index in [1.807, 2.05) is 91.0 Å². The van der Waals surface area contributed by atoms with Crippen molar-refractivity contribution in [1.82, 2.24) is 0 Å². The zero-order chi connectivity index (χ0) is 17.3. The van der Waals surface area contributed by atoms with E-state index in [1.165, 1.54) is 28.9 Å². The summed E-state index contributed by atoms with van der Waals surface area (Å²) in [5, 5.41) is 1.85. The Morgan fingerprint density at radius 2 is 1.24 bits per heavy atom. The van der Waals surface area contributed by atoms with Gasteiger partial charge in [0.2, 0.25) is 0 Å². The van der Waals surface area contributed by atoms with Crippen LogP contribution >= 0.6 is 23.5 Å². The molecule has 0 heterocycles. The number of hydrogen-bond acceptors (Lipinski definition) is 3.